The van der Waals surface area contributed by atoms with Gasteiger partial charge in [0, 0.05) is 16.0 Å². The molecule has 0 aliphatic carbocycles. The van der Waals surface area contributed by atoms with Crippen LogP contribution < -0.4 is 0 Å². The highest BCUT2D eigenvalue weighted by molar-refractivity contribution is 4.95. The minimum Gasteiger partial charge on any atom is -0.283 e. The van der Waals surface area contributed by atoms with Gasteiger partial charge >= 0.3 is 0 Å². The highest BCUT2D eigenvalue weighted by Crippen LogP contribution is 1.88. The van der Waals surface area contributed by atoms with Crippen LogP contribution in [0.15, 0.2) is 12.3 Å². The molecule has 0 atom stereocenters. The summed E-state index contributed by atoms with van der Waals surface area (Å²) in [5.74, 6) is 0. The second-order valence-corrected chi connectivity index (χ2v) is 1.26. The molecule has 1 N–H and O–H groups in total. The van der Waals surface area contributed by atoms with Gasteiger partial charge < -0.3 is 0 Å². The molecule has 0 bridgehead atoms. The highest BCUT2D eigenvalue weighted by Gasteiger charge is 1.82. The Morgan fingerprint density at radius 1 is 2.14 bits per heavy atom. The molecule has 0 fully saturated rings. The van der Waals surface area contributed by atoms with Crippen LogP contribution in [0.25, 0.3) is 0 Å². The van der Waals surface area contributed by atoms with Crippen molar-refractivity contribution in [2.75, 3.05) is 0 Å². The first-order chi connectivity index (χ1) is 4.58. The Hall–Kier alpha value is -0.790. The summed E-state index contributed by atoms with van der Waals surface area (Å²) in [6.07, 6.45) is 1.61. The Bertz CT molecular complexity index is 189. The molecule has 2 heteroatoms. The molecule has 0 saturated carbocycles. The molecule has 1 rings (SSSR count). The third-order valence-corrected chi connectivity index (χ3v) is 0.749. The van der Waals surface area contributed by atoms with Crippen LogP contribution in [0.1, 0.15) is 16.7 Å². The molecule has 0 saturated heterocycles. The molecule has 7 heavy (non-hydrogen) atoms. The molecule has 1 aromatic heterocycles. The van der Waals surface area contributed by atoms with E-state index in [0.717, 1.165) is 0 Å². The van der Waals surface area contributed by atoms with Crippen LogP contribution in [0.2, 0.25) is 0 Å². The van der Waals surface area contributed by atoms with E-state index in [4.69, 9.17) is 4.11 Å². The van der Waals surface area contributed by atoms with Crippen LogP contribution in [0.3, 0.4) is 0 Å². The molecule has 0 radical (unpaired) electrons. The van der Waals surface area contributed by atoms with Crippen LogP contribution in [-0.4, -0.2) is 10.2 Å². The summed E-state index contributed by atoms with van der Waals surface area (Å²) in [5.41, 5.74) is 0.653. The van der Waals surface area contributed by atoms with Gasteiger partial charge in [-0.25, -0.2) is 0 Å². The average molecular weight is 99.2 g/mol. The average Bonchev–Trinajstić information content (AvgIpc) is 2.12. The molecular weight excluding hydrogens is 88.1 g/mol. The number of aromatic nitrogens is 2. The lowest BCUT2D eigenvalue weighted by Crippen LogP contribution is -1.75. The number of nitrogens with one attached hydrogen (secondary N) is 1. The van der Waals surface area contributed by atoms with Gasteiger partial charge in [0.25, 0.3) is 0 Å². The molecule has 2 nitrogen and oxygen atoms in total. The van der Waals surface area contributed by atoms with Crippen LogP contribution in [0.4, 0.5) is 0 Å². The number of aromatic amines is 1. The summed E-state index contributed by atoms with van der Waals surface area (Å²) in [6.45, 7) is -1.90. The van der Waals surface area contributed by atoms with Gasteiger partial charge in [-0.3, -0.25) is 5.10 Å². The van der Waals surface area contributed by atoms with Crippen LogP contribution in [0.5, 0.6) is 0 Å². The molecule has 0 aliphatic rings. The van der Waals surface area contributed by atoms with Gasteiger partial charge in [0.05, 0.1) is 0 Å². The Labute approximate surface area is 46.8 Å². The predicted molar refractivity (Wildman–Crippen MR) is 28.0 cm³/mol. The summed E-state index contributed by atoms with van der Waals surface area (Å²) in [4.78, 5) is 0. The standard InChI is InChI=1S/C5H8N2/c1-2-5-3-4-6-7-5/h3-4H,2H2,1H3,(H,6,7)/i1D3. The van der Waals surface area contributed by atoms with Crippen molar-refractivity contribution in [3.05, 3.63) is 18.0 Å². The van der Waals surface area contributed by atoms with Gasteiger partial charge in [0.15, 0.2) is 0 Å². The van der Waals surface area contributed by atoms with Crippen molar-refractivity contribution in [2.45, 2.75) is 13.3 Å². The second-order valence-electron chi connectivity index (χ2n) is 1.26. The highest BCUT2D eigenvalue weighted by atomic mass is 15.1. The lowest BCUT2D eigenvalue weighted by molar-refractivity contribution is 0.975. The lowest BCUT2D eigenvalue weighted by Gasteiger charge is -1.79. The molecule has 0 spiro atoms. The molecule has 38 valence electrons. The van der Waals surface area contributed by atoms with E-state index >= 15 is 0 Å². The van der Waals surface area contributed by atoms with Gasteiger partial charge in [0.1, 0.15) is 0 Å². The van der Waals surface area contributed by atoms with Crippen LogP contribution in [0, 0.1) is 0 Å². The number of rotatable bonds is 1. The van der Waals surface area contributed by atoms with Gasteiger partial charge in [-0.15, -0.1) is 0 Å². The number of aryl methyl sites for hydroxylation is 1. The maximum absolute atomic E-state index is 6.89. The Kier molecular flexibility index (Phi) is 0.504. The van der Waals surface area contributed by atoms with Gasteiger partial charge in [-0.1, -0.05) is 6.85 Å². The fraction of sp³-hybridized carbons (Fsp3) is 0.400. The zero-order valence-corrected chi connectivity index (χ0v) is 3.81. The van der Waals surface area contributed by atoms with Crippen molar-refractivity contribution < 1.29 is 4.11 Å². The van der Waals surface area contributed by atoms with E-state index in [0.29, 0.717) is 5.69 Å². The second kappa shape index (κ2) is 1.78. The topological polar surface area (TPSA) is 28.7 Å². The fourth-order valence-corrected chi connectivity index (χ4v) is 0.383. The third-order valence-electron chi connectivity index (χ3n) is 0.749. The number of hydrogen-bond donors (Lipinski definition) is 1. The van der Waals surface area contributed by atoms with E-state index in [1.165, 1.54) is 0 Å². The quantitative estimate of drug-likeness (QED) is 0.558. The lowest BCUT2D eigenvalue weighted by atomic mass is 10.4. The minimum absolute atomic E-state index is 0.0625. The molecule has 0 aromatic carbocycles. The summed E-state index contributed by atoms with van der Waals surface area (Å²) in [5, 5.41) is 6.22. The van der Waals surface area contributed by atoms with Crippen molar-refractivity contribution in [1.82, 2.24) is 10.2 Å². The third kappa shape index (κ3) is 0.796. The molecule has 1 heterocycles. The van der Waals surface area contributed by atoms with Crippen LogP contribution >= 0.6 is 0 Å². The SMILES string of the molecule is [2H]C([2H])([2H])Cc1ccn[nH]1. The van der Waals surface area contributed by atoms with Crippen molar-refractivity contribution in [3.63, 3.8) is 0 Å². The molecular formula is C5H8N2. The van der Waals surface area contributed by atoms with Crippen molar-refractivity contribution in [3.8, 4) is 0 Å². The van der Waals surface area contributed by atoms with Crippen LogP contribution in [-0.2, 0) is 6.42 Å². The van der Waals surface area contributed by atoms with Gasteiger partial charge in [-0.2, -0.15) is 5.10 Å². The van der Waals surface area contributed by atoms with E-state index in [2.05, 4.69) is 10.2 Å². The fourth-order valence-electron chi connectivity index (χ4n) is 0.383. The Balaban J connectivity index is 2.57. The van der Waals surface area contributed by atoms with E-state index in [-0.39, 0.29) is 6.42 Å². The largest absolute Gasteiger partial charge is 0.283 e. The van der Waals surface area contributed by atoms with E-state index in [1.54, 1.807) is 12.3 Å². The van der Waals surface area contributed by atoms with Gasteiger partial charge in [-0.05, 0) is 12.5 Å². The van der Waals surface area contributed by atoms with Crippen molar-refractivity contribution in [2.24, 2.45) is 0 Å². The minimum atomic E-state index is -1.90. The predicted octanol–water partition coefficient (Wildman–Crippen LogP) is 0.972. The Morgan fingerprint density at radius 3 is 3.71 bits per heavy atom. The maximum atomic E-state index is 6.89. The zero-order valence-electron chi connectivity index (χ0n) is 6.81. The molecule has 0 aliphatic heterocycles. The summed E-state index contributed by atoms with van der Waals surface area (Å²) in [6, 6.07) is 1.66. The van der Waals surface area contributed by atoms with Crippen molar-refractivity contribution >= 4 is 0 Å². The van der Waals surface area contributed by atoms with E-state index in [9.17, 15) is 0 Å². The smallest absolute Gasteiger partial charge is 0.0490 e. The summed E-state index contributed by atoms with van der Waals surface area (Å²) in [7, 11) is 0. The normalized spacial score (nSPS) is 17.4. The number of nitrogens with zero attached hydrogens (tertiary/aromatic N) is 1. The first-order valence-electron chi connectivity index (χ1n) is 3.56. The Morgan fingerprint density at radius 2 is 3.14 bits per heavy atom. The first-order valence-corrected chi connectivity index (χ1v) is 2.06. The zero-order chi connectivity index (χ0) is 7.61. The summed E-state index contributed by atoms with van der Waals surface area (Å²) < 4.78 is 20.7. The maximum Gasteiger partial charge on any atom is 0.0490 e. The first kappa shape index (κ1) is 1.99. The monoisotopic (exact) mass is 99.1 g/mol. The number of hydrogen-bond acceptors (Lipinski definition) is 1. The molecule has 0 amide bonds. The molecule has 1 aromatic rings. The van der Waals surface area contributed by atoms with E-state index < -0.39 is 6.85 Å². The summed E-state index contributed by atoms with van der Waals surface area (Å²) >= 11 is 0. The van der Waals surface area contributed by atoms with E-state index in [1.807, 2.05) is 0 Å². The van der Waals surface area contributed by atoms with Gasteiger partial charge in [0.2, 0.25) is 0 Å². The number of H-pyrrole nitrogens is 1. The molecule has 0 unspecified atom stereocenters. The van der Waals surface area contributed by atoms with Crippen molar-refractivity contribution in [1.29, 1.82) is 0 Å².